The van der Waals surface area contributed by atoms with Crippen molar-refractivity contribution < 1.29 is 0 Å². The first kappa shape index (κ1) is 13.1. The van der Waals surface area contributed by atoms with Gasteiger partial charge in [-0.25, -0.2) is 4.79 Å². The third-order valence-electron chi connectivity index (χ3n) is 3.61. The van der Waals surface area contributed by atoms with E-state index < -0.39 is 0 Å². The fourth-order valence-corrected chi connectivity index (χ4v) is 2.17. The van der Waals surface area contributed by atoms with Gasteiger partial charge in [-0.1, -0.05) is 0 Å². The SMILES string of the molecule is CCn1ccc(=O)n(CCNC(C)C2CC2)c1=O. The van der Waals surface area contributed by atoms with Gasteiger partial charge in [0.25, 0.3) is 5.56 Å². The zero-order valence-corrected chi connectivity index (χ0v) is 11.1. The number of aromatic nitrogens is 2. The standard InChI is InChI=1S/C13H21N3O2/c1-3-15-8-6-12(17)16(13(15)18)9-7-14-10(2)11-4-5-11/h6,8,10-11,14H,3-5,7,9H2,1-2H3. The summed E-state index contributed by atoms with van der Waals surface area (Å²) >= 11 is 0. The quantitative estimate of drug-likeness (QED) is 0.797. The normalized spacial score (nSPS) is 16.8. The van der Waals surface area contributed by atoms with E-state index in [2.05, 4.69) is 12.2 Å². The largest absolute Gasteiger partial charge is 0.330 e. The minimum atomic E-state index is -0.217. The van der Waals surface area contributed by atoms with Gasteiger partial charge in [-0.3, -0.25) is 9.36 Å². The second-order valence-electron chi connectivity index (χ2n) is 4.95. The van der Waals surface area contributed by atoms with E-state index in [1.165, 1.54) is 23.5 Å². The molecule has 2 rings (SSSR count). The van der Waals surface area contributed by atoms with Crippen LogP contribution in [0.2, 0.25) is 0 Å². The van der Waals surface area contributed by atoms with Gasteiger partial charge in [0.2, 0.25) is 0 Å². The van der Waals surface area contributed by atoms with Gasteiger partial charge in [0, 0.05) is 37.9 Å². The summed E-state index contributed by atoms with van der Waals surface area (Å²) < 4.78 is 2.85. The summed E-state index contributed by atoms with van der Waals surface area (Å²) in [6.45, 7) is 5.75. The average Bonchev–Trinajstić information content (AvgIpc) is 3.17. The molecular weight excluding hydrogens is 230 g/mol. The number of nitrogens with zero attached hydrogens (tertiary/aromatic N) is 2. The van der Waals surface area contributed by atoms with Crippen LogP contribution in [0.5, 0.6) is 0 Å². The first-order valence-electron chi connectivity index (χ1n) is 6.67. The van der Waals surface area contributed by atoms with Crippen molar-refractivity contribution >= 4 is 0 Å². The molecule has 1 aromatic heterocycles. The average molecular weight is 251 g/mol. The summed E-state index contributed by atoms with van der Waals surface area (Å²) in [4.78, 5) is 23.6. The Kier molecular flexibility index (Phi) is 4.01. The van der Waals surface area contributed by atoms with Crippen LogP contribution in [0.4, 0.5) is 0 Å². The second-order valence-corrected chi connectivity index (χ2v) is 4.95. The smallest absolute Gasteiger partial charge is 0.312 e. The van der Waals surface area contributed by atoms with E-state index >= 15 is 0 Å². The fraction of sp³-hybridized carbons (Fsp3) is 0.692. The van der Waals surface area contributed by atoms with E-state index in [9.17, 15) is 9.59 Å². The molecule has 1 heterocycles. The molecule has 1 aliphatic rings. The molecule has 1 N–H and O–H groups in total. The van der Waals surface area contributed by atoms with Crippen molar-refractivity contribution in [2.24, 2.45) is 5.92 Å². The fourth-order valence-electron chi connectivity index (χ4n) is 2.17. The third kappa shape index (κ3) is 2.90. The summed E-state index contributed by atoms with van der Waals surface area (Å²) in [5.74, 6) is 0.782. The Labute approximate surface area is 106 Å². The van der Waals surface area contributed by atoms with Crippen molar-refractivity contribution in [1.82, 2.24) is 14.5 Å². The van der Waals surface area contributed by atoms with Gasteiger partial charge >= 0.3 is 5.69 Å². The molecule has 1 aliphatic carbocycles. The predicted molar refractivity (Wildman–Crippen MR) is 70.8 cm³/mol. The summed E-state index contributed by atoms with van der Waals surface area (Å²) in [7, 11) is 0. The summed E-state index contributed by atoms with van der Waals surface area (Å²) in [6.07, 6.45) is 4.14. The van der Waals surface area contributed by atoms with Crippen molar-refractivity contribution in [2.45, 2.75) is 45.8 Å². The van der Waals surface area contributed by atoms with Crippen molar-refractivity contribution in [3.63, 3.8) is 0 Å². The summed E-state index contributed by atoms with van der Waals surface area (Å²) in [5.41, 5.74) is -0.434. The monoisotopic (exact) mass is 251 g/mol. The Morgan fingerprint density at radius 2 is 2.17 bits per heavy atom. The van der Waals surface area contributed by atoms with Gasteiger partial charge in [0.15, 0.2) is 0 Å². The van der Waals surface area contributed by atoms with Crippen LogP contribution in [0.15, 0.2) is 21.9 Å². The minimum absolute atomic E-state index is 0.217. The highest BCUT2D eigenvalue weighted by molar-refractivity contribution is 4.87. The Morgan fingerprint density at radius 3 is 2.78 bits per heavy atom. The number of aryl methyl sites for hydroxylation is 1. The van der Waals surface area contributed by atoms with E-state index in [-0.39, 0.29) is 11.2 Å². The highest BCUT2D eigenvalue weighted by Crippen LogP contribution is 2.32. The Hall–Kier alpha value is -1.36. The minimum Gasteiger partial charge on any atom is -0.312 e. The molecule has 0 amide bonds. The van der Waals surface area contributed by atoms with Gasteiger partial charge in [-0.05, 0) is 32.6 Å². The molecule has 1 fully saturated rings. The second kappa shape index (κ2) is 5.52. The molecule has 0 spiro atoms. The van der Waals surface area contributed by atoms with E-state index in [0.717, 1.165) is 5.92 Å². The number of hydrogen-bond donors (Lipinski definition) is 1. The van der Waals surface area contributed by atoms with E-state index in [4.69, 9.17) is 0 Å². The first-order chi connectivity index (χ1) is 8.63. The maximum absolute atomic E-state index is 11.9. The lowest BCUT2D eigenvalue weighted by atomic mass is 10.2. The van der Waals surface area contributed by atoms with Gasteiger partial charge in [0.1, 0.15) is 0 Å². The molecule has 0 aromatic carbocycles. The molecule has 18 heavy (non-hydrogen) atoms. The van der Waals surface area contributed by atoms with Crippen LogP contribution in [0.25, 0.3) is 0 Å². The van der Waals surface area contributed by atoms with Crippen LogP contribution in [-0.2, 0) is 13.1 Å². The van der Waals surface area contributed by atoms with Gasteiger partial charge in [0.05, 0.1) is 0 Å². The predicted octanol–water partition coefficient (Wildman–Crippen LogP) is 0.418. The van der Waals surface area contributed by atoms with E-state index in [0.29, 0.717) is 25.7 Å². The Balaban J connectivity index is 1.99. The molecule has 1 aromatic rings. The maximum atomic E-state index is 11.9. The molecule has 1 unspecified atom stereocenters. The zero-order valence-electron chi connectivity index (χ0n) is 11.1. The lowest BCUT2D eigenvalue weighted by Gasteiger charge is -2.13. The Bertz CT molecular complexity index is 514. The van der Waals surface area contributed by atoms with Gasteiger partial charge in [-0.2, -0.15) is 0 Å². The number of hydrogen-bond acceptors (Lipinski definition) is 3. The highest BCUT2D eigenvalue weighted by Gasteiger charge is 2.27. The van der Waals surface area contributed by atoms with Crippen LogP contribution in [0.3, 0.4) is 0 Å². The molecule has 5 heteroatoms. The van der Waals surface area contributed by atoms with Crippen LogP contribution in [-0.4, -0.2) is 21.7 Å². The zero-order chi connectivity index (χ0) is 13.1. The van der Waals surface area contributed by atoms with Crippen LogP contribution < -0.4 is 16.6 Å². The molecule has 5 nitrogen and oxygen atoms in total. The highest BCUT2D eigenvalue weighted by atomic mass is 16.2. The molecule has 0 bridgehead atoms. The van der Waals surface area contributed by atoms with Crippen molar-refractivity contribution in [3.8, 4) is 0 Å². The van der Waals surface area contributed by atoms with Crippen molar-refractivity contribution in [3.05, 3.63) is 33.1 Å². The van der Waals surface area contributed by atoms with E-state index in [1.54, 1.807) is 10.8 Å². The van der Waals surface area contributed by atoms with E-state index in [1.807, 2.05) is 6.92 Å². The molecule has 0 radical (unpaired) electrons. The third-order valence-corrected chi connectivity index (χ3v) is 3.61. The number of nitrogens with one attached hydrogen (secondary N) is 1. The molecular formula is C13H21N3O2. The van der Waals surface area contributed by atoms with Crippen LogP contribution in [0.1, 0.15) is 26.7 Å². The summed E-state index contributed by atoms with van der Waals surface area (Å²) in [5, 5.41) is 3.38. The molecule has 0 saturated heterocycles. The van der Waals surface area contributed by atoms with Crippen LogP contribution in [0, 0.1) is 5.92 Å². The van der Waals surface area contributed by atoms with Crippen molar-refractivity contribution in [1.29, 1.82) is 0 Å². The molecule has 0 aliphatic heterocycles. The first-order valence-corrected chi connectivity index (χ1v) is 6.67. The molecule has 100 valence electrons. The number of rotatable bonds is 6. The summed E-state index contributed by atoms with van der Waals surface area (Å²) in [6, 6.07) is 1.94. The lowest BCUT2D eigenvalue weighted by molar-refractivity contribution is 0.459. The Morgan fingerprint density at radius 1 is 1.44 bits per heavy atom. The topological polar surface area (TPSA) is 56.0 Å². The van der Waals surface area contributed by atoms with Gasteiger partial charge < -0.3 is 9.88 Å². The lowest BCUT2D eigenvalue weighted by Crippen LogP contribution is -2.42. The van der Waals surface area contributed by atoms with Gasteiger partial charge in [-0.15, -0.1) is 0 Å². The molecule has 1 atom stereocenters. The molecule has 1 saturated carbocycles. The maximum Gasteiger partial charge on any atom is 0.330 e. The van der Waals surface area contributed by atoms with Crippen LogP contribution >= 0.6 is 0 Å². The van der Waals surface area contributed by atoms with Crippen molar-refractivity contribution in [2.75, 3.05) is 6.54 Å².